The Hall–Kier alpha value is -1.60. The van der Waals surface area contributed by atoms with Gasteiger partial charge in [-0.2, -0.15) is 0 Å². The third-order valence-electron chi connectivity index (χ3n) is 3.75. The number of aliphatic carboxylic acids is 1. The predicted molar refractivity (Wildman–Crippen MR) is 85.6 cm³/mol. The first-order valence-electron chi connectivity index (χ1n) is 6.96. The number of oxime groups is 1. The number of carbonyl (C=O) groups excluding carboxylic acids is 3. The van der Waals surface area contributed by atoms with Gasteiger partial charge in [-0.3, -0.25) is 19.9 Å². The van der Waals surface area contributed by atoms with E-state index in [9.17, 15) is 19.5 Å². The molecule has 2 amide bonds. The Balaban J connectivity index is 0.00000243. The Morgan fingerprint density at radius 1 is 1.54 bits per heavy atom. The second kappa shape index (κ2) is 7.96. The van der Waals surface area contributed by atoms with Gasteiger partial charge in [0.2, 0.25) is 0 Å². The van der Waals surface area contributed by atoms with Gasteiger partial charge in [0, 0.05) is 11.1 Å². The zero-order chi connectivity index (χ0) is 18.3. The summed E-state index contributed by atoms with van der Waals surface area (Å²) in [5, 5.41) is 33.9. The van der Waals surface area contributed by atoms with Crippen LogP contribution in [0.4, 0.5) is 0 Å². The van der Waals surface area contributed by atoms with Crippen molar-refractivity contribution in [3.63, 3.8) is 0 Å². The van der Waals surface area contributed by atoms with E-state index in [2.05, 4.69) is 15.5 Å². The van der Waals surface area contributed by atoms with Crippen LogP contribution < -0.4 is 44.8 Å². The summed E-state index contributed by atoms with van der Waals surface area (Å²) in [6, 6.07) is -0.939. The van der Waals surface area contributed by atoms with Crippen molar-refractivity contribution in [2.45, 2.75) is 18.3 Å². The normalized spacial score (nSPS) is 22.3. The number of hydrogen-bond donors (Lipinski definition) is 4. The van der Waals surface area contributed by atoms with Gasteiger partial charge in [-0.05, 0) is 12.5 Å². The van der Waals surface area contributed by atoms with Crippen molar-refractivity contribution in [3.8, 4) is 0 Å². The van der Waals surface area contributed by atoms with Gasteiger partial charge in [0.25, 0.3) is 11.8 Å². The SMILES string of the molecule is CC1=C(C(=O)[O-])N2C(=O)C(NC(=O)/C(=N\O)c3csc(=N)[nH]3)[C@H]2SC1.[Na+]. The van der Waals surface area contributed by atoms with Crippen LogP contribution in [-0.2, 0) is 14.4 Å². The standard InChI is InChI=1S/C13H13N5O5S2.Na/c1-4-2-24-11-7(10(20)18(11)8(4)12(21)22)16-9(19)6(17-23)5-3-25-13(14)15-5;/h3,7,11,23H,2H2,1H3,(H2,14,15)(H,16,19)(H,21,22);/q;+1/p-1/b17-6-;/t7?,11-;/m1./s1. The minimum atomic E-state index is -1.44. The summed E-state index contributed by atoms with van der Waals surface area (Å²) >= 11 is 2.33. The maximum Gasteiger partial charge on any atom is 1.00 e. The minimum absolute atomic E-state index is 0. The molecule has 10 nitrogen and oxygen atoms in total. The summed E-state index contributed by atoms with van der Waals surface area (Å²) in [6.07, 6.45) is 0. The molecule has 3 heterocycles. The zero-order valence-corrected chi connectivity index (χ0v) is 17.4. The molecule has 1 saturated heterocycles. The monoisotopic (exact) mass is 405 g/mol. The van der Waals surface area contributed by atoms with Crippen LogP contribution in [0.3, 0.4) is 0 Å². The Morgan fingerprint density at radius 2 is 2.23 bits per heavy atom. The van der Waals surface area contributed by atoms with E-state index in [1.165, 1.54) is 17.1 Å². The minimum Gasteiger partial charge on any atom is -0.543 e. The number of aromatic nitrogens is 1. The number of carboxylic acid groups (broad SMARTS) is 1. The van der Waals surface area contributed by atoms with E-state index >= 15 is 0 Å². The molecule has 0 saturated carbocycles. The number of aromatic amines is 1. The molecule has 2 aliphatic rings. The Bertz CT molecular complexity index is 891. The number of nitrogens with zero attached hydrogens (tertiary/aromatic N) is 2. The van der Waals surface area contributed by atoms with Gasteiger partial charge in [0.15, 0.2) is 10.5 Å². The molecule has 1 aromatic rings. The first-order valence-corrected chi connectivity index (χ1v) is 8.89. The number of rotatable bonds is 4. The van der Waals surface area contributed by atoms with E-state index in [1.54, 1.807) is 6.92 Å². The number of hydrogen-bond acceptors (Lipinski definition) is 9. The van der Waals surface area contributed by atoms with Crippen LogP contribution >= 0.6 is 23.1 Å². The van der Waals surface area contributed by atoms with Crippen molar-refractivity contribution < 1.29 is 54.3 Å². The molecule has 13 heteroatoms. The fourth-order valence-electron chi connectivity index (χ4n) is 2.61. The van der Waals surface area contributed by atoms with Crippen LogP contribution in [0.2, 0.25) is 0 Å². The molecule has 0 bridgehead atoms. The maximum atomic E-state index is 12.3. The predicted octanol–water partition coefficient (Wildman–Crippen LogP) is -4.84. The van der Waals surface area contributed by atoms with E-state index < -0.39 is 29.2 Å². The van der Waals surface area contributed by atoms with Gasteiger partial charge in [0.05, 0.1) is 17.4 Å². The summed E-state index contributed by atoms with van der Waals surface area (Å²) in [5.74, 6) is -2.42. The molecule has 132 valence electrons. The van der Waals surface area contributed by atoms with Gasteiger partial charge in [-0.1, -0.05) is 5.16 Å². The molecule has 0 aromatic carbocycles. The average molecular weight is 405 g/mol. The summed E-state index contributed by atoms with van der Waals surface area (Å²) in [6.45, 7) is 1.61. The average Bonchev–Trinajstić information content (AvgIpc) is 2.98. The maximum absolute atomic E-state index is 12.3. The van der Waals surface area contributed by atoms with Crippen LogP contribution in [0.25, 0.3) is 0 Å². The van der Waals surface area contributed by atoms with E-state index in [1.807, 2.05) is 0 Å². The Labute approximate surface area is 177 Å². The van der Waals surface area contributed by atoms with Crippen LogP contribution in [0.5, 0.6) is 0 Å². The summed E-state index contributed by atoms with van der Waals surface area (Å²) < 4.78 is 0. The van der Waals surface area contributed by atoms with Crippen molar-refractivity contribution in [3.05, 3.63) is 27.1 Å². The summed E-state index contributed by atoms with van der Waals surface area (Å²) in [5.41, 5.74) is 0.128. The number of thiazole rings is 1. The second-order valence-corrected chi connectivity index (χ2v) is 7.31. The van der Waals surface area contributed by atoms with Crippen LogP contribution in [0, 0.1) is 5.41 Å². The van der Waals surface area contributed by atoms with Gasteiger partial charge in [0.1, 0.15) is 11.4 Å². The third-order valence-corrected chi connectivity index (χ3v) is 5.87. The number of amides is 2. The molecule has 26 heavy (non-hydrogen) atoms. The number of β-lactam (4-membered cyclic amide) rings is 1. The molecule has 4 N–H and O–H groups in total. The van der Waals surface area contributed by atoms with Gasteiger partial charge in [-0.15, -0.1) is 23.1 Å². The number of carbonyl (C=O) groups is 3. The molecule has 2 aliphatic heterocycles. The van der Waals surface area contributed by atoms with Gasteiger partial charge in [-0.25, -0.2) is 0 Å². The fourth-order valence-corrected chi connectivity index (χ4v) is 4.48. The molecule has 3 rings (SSSR count). The molecule has 1 fully saturated rings. The smallest absolute Gasteiger partial charge is 0.543 e. The van der Waals surface area contributed by atoms with Crippen molar-refractivity contribution in [2.24, 2.45) is 5.16 Å². The molecule has 1 unspecified atom stereocenters. The molecule has 0 radical (unpaired) electrons. The van der Waals surface area contributed by atoms with Gasteiger partial charge < -0.3 is 25.4 Å². The van der Waals surface area contributed by atoms with E-state index in [4.69, 9.17) is 10.6 Å². The van der Waals surface area contributed by atoms with E-state index in [-0.39, 0.29) is 51.5 Å². The van der Waals surface area contributed by atoms with Crippen molar-refractivity contribution in [1.82, 2.24) is 15.2 Å². The van der Waals surface area contributed by atoms with E-state index in [0.29, 0.717) is 11.3 Å². The zero-order valence-electron chi connectivity index (χ0n) is 13.7. The van der Waals surface area contributed by atoms with Crippen molar-refractivity contribution >= 4 is 46.6 Å². The van der Waals surface area contributed by atoms with Crippen LogP contribution in [0.15, 0.2) is 21.8 Å². The second-order valence-electron chi connectivity index (χ2n) is 5.33. The van der Waals surface area contributed by atoms with Crippen molar-refractivity contribution in [2.75, 3.05) is 5.75 Å². The topological polar surface area (TPSA) is 162 Å². The number of H-pyrrole nitrogens is 1. The van der Waals surface area contributed by atoms with Crippen LogP contribution in [-0.4, -0.2) is 55.8 Å². The molecule has 1 aromatic heterocycles. The Morgan fingerprint density at radius 3 is 2.77 bits per heavy atom. The number of fused-ring (bicyclic) bond motifs is 1. The van der Waals surface area contributed by atoms with Gasteiger partial charge >= 0.3 is 29.6 Å². The molecule has 0 aliphatic carbocycles. The first kappa shape index (κ1) is 20.7. The first-order chi connectivity index (χ1) is 11.8. The largest absolute Gasteiger partial charge is 1.00 e. The molecular formula is C13H12N5NaO5S2. The molecule has 0 spiro atoms. The quantitative estimate of drug-likeness (QED) is 0.129. The molecular weight excluding hydrogens is 393 g/mol. The summed E-state index contributed by atoms with van der Waals surface area (Å²) in [4.78, 5) is 39.5. The van der Waals surface area contributed by atoms with E-state index in [0.717, 1.165) is 16.2 Å². The third kappa shape index (κ3) is 3.47. The fraction of sp³-hybridized carbons (Fsp3) is 0.308. The summed E-state index contributed by atoms with van der Waals surface area (Å²) in [7, 11) is 0. The molecule has 2 atom stereocenters. The number of nitrogens with one attached hydrogen (secondary N) is 3. The van der Waals surface area contributed by atoms with Crippen molar-refractivity contribution in [1.29, 1.82) is 5.41 Å². The number of carboxylic acids is 1. The Kier molecular flexibility index (Phi) is 6.34. The number of thioether (sulfide) groups is 1. The van der Waals surface area contributed by atoms with Crippen LogP contribution in [0.1, 0.15) is 12.6 Å².